The Morgan fingerprint density at radius 2 is 1.65 bits per heavy atom. The van der Waals surface area contributed by atoms with Crippen LogP contribution in [0.15, 0.2) is 73.3 Å². The van der Waals surface area contributed by atoms with E-state index in [-0.39, 0.29) is 0 Å². The molecule has 3 aromatic rings. The van der Waals surface area contributed by atoms with Gasteiger partial charge in [0.1, 0.15) is 25.5 Å². The van der Waals surface area contributed by atoms with Gasteiger partial charge < -0.3 is 0 Å². The Hall–Kier alpha value is -2.35. The molecule has 0 aliphatic carbocycles. The molecular formula is C18H19N2+. The Balaban J connectivity index is 1.69. The molecule has 0 aliphatic heterocycles. The van der Waals surface area contributed by atoms with E-state index >= 15 is 0 Å². The van der Waals surface area contributed by atoms with Crippen molar-refractivity contribution in [2.45, 2.75) is 20.0 Å². The summed E-state index contributed by atoms with van der Waals surface area (Å²) in [5, 5.41) is 0. The van der Waals surface area contributed by atoms with Crippen LogP contribution in [0.3, 0.4) is 0 Å². The molecule has 0 atom stereocenters. The predicted octanol–water partition coefficient (Wildman–Crippen LogP) is 3.18. The van der Waals surface area contributed by atoms with E-state index in [2.05, 4.69) is 89.4 Å². The molecule has 0 radical (unpaired) electrons. The van der Waals surface area contributed by atoms with Gasteiger partial charge in [-0.15, -0.1) is 0 Å². The lowest BCUT2D eigenvalue weighted by atomic mass is 10.1. The molecule has 2 aromatic carbocycles. The second-order valence-corrected chi connectivity index (χ2v) is 5.23. The zero-order chi connectivity index (χ0) is 13.8. The SMILES string of the molecule is Cc1ccc(Cn2cc[n+](Cc3ccccc3)c2)cc1. The van der Waals surface area contributed by atoms with Gasteiger partial charge in [-0.2, -0.15) is 0 Å². The summed E-state index contributed by atoms with van der Waals surface area (Å²) in [6, 6.07) is 19.2. The number of hydrogen-bond donors (Lipinski definition) is 0. The van der Waals surface area contributed by atoms with Gasteiger partial charge in [-0.05, 0) is 18.1 Å². The molecule has 2 nitrogen and oxygen atoms in total. The summed E-state index contributed by atoms with van der Waals surface area (Å²) in [5.41, 5.74) is 3.96. The lowest BCUT2D eigenvalue weighted by Gasteiger charge is -1.99. The lowest BCUT2D eigenvalue weighted by Crippen LogP contribution is -2.31. The van der Waals surface area contributed by atoms with Crippen molar-refractivity contribution in [1.82, 2.24) is 4.57 Å². The van der Waals surface area contributed by atoms with Crippen LogP contribution >= 0.6 is 0 Å². The fraction of sp³-hybridized carbons (Fsp3) is 0.167. The van der Waals surface area contributed by atoms with Crippen molar-refractivity contribution in [2.75, 3.05) is 0 Å². The van der Waals surface area contributed by atoms with E-state index in [1.807, 2.05) is 0 Å². The van der Waals surface area contributed by atoms with E-state index in [1.54, 1.807) is 0 Å². The molecule has 0 unspecified atom stereocenters. The summed E-state index contributed by atoms with van der Waals surface area (Å²) in [6.45, 7) is 3.96. The van der Waals surface area contributed by atoms with Crippen molar-refractivity contribution in [2.24, 2.45) is 0 Å². The van der Waals surface area contributed by atoms with Crippen LogP contribution in [-0.2, 0) is 13.1 Å². The second-order valence-electron chi connectivity index (χ2n) is 5.23. The van der Waals surface area contributed by atoms with Crippen molar-refractivity contribution in [3.8, 4) is 0 Å². The van der Waals surface area contributed by atoms with E-state index in [0.717, 1.165) is 13.1 Å². The normalized spacial score (nSPS) is 10.7. The van der Waals surface area contributed by atoms with Gasteiger partial charge in [0.2, 0.25) is 6.33 Å². The van der Waals surface area contributed by atoms with Gasteiger partial charge in [0.25, 0.3) is 0 Å². The van der Waals surface area contributed by atoms with E-state index in [1.165, 1.54) is 16.7 Å². The Bertz CT molecular complexity index is 666. The minimum atomic E-state index is 0.918. The molecule has 0 fully saturated rings. The monoisotopic (exact) mass is 263 g/mol. The van der Waals surface area contributed by atoms with Crippen LogP contribution in [0.5, 0.6) is 0 Å². The summed E-state index contributed by atoms with van der Waals surface area (Å²) >= 11 is 0. The number of hydrogen-bond acceptors (Lipinski definition) is 0. The highest BCUT2D eigenvalue weighted by molar-refractivity contribution is 5.21. The van der Waals surface area contributed by atoms with Gasteiger partial charge in [-0.1, -0.05) is 60.2 Å². The predicted molar refractivity (Wildman–Crippen MR) is 80.5 cm³/mol. The summed E-state index contributed by atoms with van der Waals surface area (Å²) in [6.07, 6.45) is 6.41. The van der Waals surface area contributed by atoms with E-state index in [0.29, 0.717) is 0 Å². The molecule has 1 heterocycles. The molecular weight excluding hydrogens is 244 g/mol. The van der Waals surface area contributed by atoms with E-state index in [4.69, 9.17) is 0 Å². The highest BCUT2D eigenvalue weighted by Crippen LogP contribution is 2.05. The molecule has 0 saturated heterocycles. The third kappa shape index (κ3) is 3.15. The minimum absolute atomic E-state index is 0.918. The average molecular weight is 263 g/mol. The molecule has 100 valence electrons. The van der Waals surface area contributed by atoms with Crippen LogP contribution < -0.4 is 4.57 Å². The number of nitrogens with zero attached hydrogens (tertiary/aromatic N) is 2. The third-order valence-corrected chi connectivity index (χ3v) is 3.44. The maximum Gasteiger partial charge on any atom is 0.244 e. The first-order valence-corrected chi connectivity index (χ1v) is 6.94. The zero-order valence-electron chi connectivity index (χ0n) is 11.7. The van der Waals surface area contributed by atoms with Gasteiger partial charge in [0.15, 0.2) is 0 Å². The van der Waals surface area contributed by atoms with Crippen LogP contribution in [0, 0.1) is 6.92 Å². The van der Waals surface area contributed by atoms with Crippen LogP contribution in [0.25, 0.3) is 0 Å². The Labute approximate surface area is 119 Å². The largest absolute Gasteiger partial charge is 0.244 e. The number of aryl methyl sites for hydroxylation is 1. The highest BCUT2D eigenvalue weighted by atomic mass is 15.1. The minimum Gasteiger partial charge on any atom is -0.233 e. The summed E-state index contributed by atoms with van der Waals surface area (Å²) in [5.74, 6) is 0. The lowest BCUT2D eigenvalue weighted by molar-refractivity contribution is -0.687. The first kappa shape index (κ1) is 12.7. The first-order chi connectivity index (χ1) is 9.79. The summed E-state index contributed by atoms with van der Waals surface area (Å²) in [4.78, 5) is 0. The Morgan fingerprint density at radius 1 is 0.900 bits per heavy atom. The van der Waals surface area contributed by atoms with Crippen molar-refractivity contribution >= 4 is 0 Å². The van der Waals surface area contributed by atoms with Gasteiger partial charge in [-0.3, -0.25) is 0 Å². The maximum absolute atomic E-state index is 2.22. The molecule has 0 aliphatic rings. The maximum atomic E-state index is 2.22. The molecule has 2 heteroatoms. The van der Waals surface area contributed by atoms with Gasteiger partial charge in [-0.25, -0.2) is 9.13 Å². The van der Waals surface area contributed by atoms with Gasteiger partial charge in [0, 0.05) is 0 Å². The van der Waals surface area contributed by atoms with Crippen LogP contribution in [0.2, 0.25) is 0 Å². The van der Waals surface area contributed by atoms with Crippen molar-refractivity contribution < 1.29 is 4.57 Å². The Kier molecular flexibility index (Phi) is 3.64. The van der Waals surface area contributed by atoms with Gasteiger partial charge >= 0.3 is 0 Å². The first-order valence-electron chi connectivity index (χ1n) is 6.94. The molecule has 0 N–H and O–H groups in total. The van der Waals surface area contributed by atoms with Crippen LogP contribution in [-0.4, -0.2) is 4.57 Å². The average Bonchev–Trinajstić information content (AvgIpc) is 2.90. The van der Waals surface area contributed by atoms with Gasteiger partial charge in [0.05, 0.1) is 0 Å². The van der Waals surface area contributed by atoms with Crippen molar-refractivity contribution in [1.29, 1.82) is 0 Å². The fourth-order valence-corrected chi connectivity index (χ4v) is 2.32. The smallest absolute Gasteiger partial charge is 0.233 e. The van der Waals surface area contributed by atoms with Crippen LogP contribution in [0.1, 0.15) is 16.7 Å². The zero-order valence-corrected chi connectivity index (χ0v) is 11.7. The molecule has 0 amide bonds. The number of rotatable bonds is 4. The molecule has 1 aromatic heterocycles. The van der Waals surface area contributed by atoms with E-state index < -0.39 is 0 Å². The fourth-order valence-electron chi connectivity index (χ4n) is 2.32. The molecule has 20 heavy (non-hydrogen) atoms. The van der Waals surface area contributed by atoms with E-state index in [9.17, 15) is 0 Å². The van der Waals surface area contributed by atoms with Crippen molar-refractivity contribution in [3.63, 3.8) is 0 Å². The highest BCUT2D eigenvalue weighted by Gasteiger charge is 2.05. The standard InChI is InChI=1S/C18H19N2/c1-16-7-9-18(10-8-16)14-20-12-11-19(15-20)13-17-5-3-2-4-6-17/h2-12,15H,13-14H2,1H3/q+1. The molecule has 0 bridgehead atoms. The summed E-state index contributed by atoms with van der Waals surface area (Å²) < 4.78 is 4.43. The Morgan fingerprint density at radius 3 is 2.40 bits per heavy atom. The van der Waals surface area contributed by atoms with Crippen molar-refractivity contribution in [3.05, 3.63) is 90.0 Å². The summed E-state index contributed by atoms with van der Waals surface area (Å²) in [7, 11) is 0. The second kappa shape index (κ2) is 5.74. The number of benzene rings is 2. The molecule has 0 saturated carbocycles. The molecule has 3 rings (SSSR count). The third-order valence-electron chi connectivity index (χ3n) is 3.44. The number of imidazole rings is 1. The molecule has 0 spiro atoms. The van der Waals surface area contributed by atoms with Crippen LogP contribution in [0.4, 0.5) is 0 Å². The quantitative estimate of drug-likeness (QED) is 0.639. The number of aromatic nitrogens is 2. The topological polar surface area (TPSA) is 8.81 Å².